The predicted molar refractivity (Wildman–Crippen MR) is 65.3 cm³/mol. The second-order valence-electron chi connectivity index (χ2n) is 3.55. The summed E-state index contributed by atoms with van der Waals surface area (Å²) in [5, 5.41) is 11.4. The van der Waals surface area contributed by atoms with Crippen molar-refractivity contribution in [1.82, 2.24) is 10.3 Å². The summed E-state index contributed by atoms with van der Waals surface area (Å²) in [5.74, 6) is 0.472. The van der Waals surface area contributed by atoms with Gasteiger partial charge in [0, 0.05) is 33.3 Å². The lowest BCUT2D eigenvalue weighted by molar-refractivity contribution is -0.120. The van der Waals surface area contributed by atoms with Crippen LogP contribution in [0, 0.1) is 11.3 Å². The summed E-state index contributed by atoms with van der Waals surface area (Å²) in [6, 6.07) is 3.56. The van der Waals surface area contributed by atoms with Gasteiger partial charge in [-0.15, -0.1) is 0 Å². The zero-order chi connectivity index (χ0) is 12.8. The highest BCUT2D eigenvalue weighted by Crippen LogP contribution is 2.22. The molecule has 0 aliphatic heterocycles. The van der Waals surface area contributed by atoms with Crippen molar-refractivity contribution in [1.29, 1.82) is 5.26 Å². The summed E-state index contributed by atoms with van der Waals surface area (Å²) in [5.41, 5.74) is 6.54. The average molecular weight is 233 g/mol. The Bertz CT molecular complexity index is 452. The molecule has 6 heteroatoms. The Morgan fingerprint density at radius 3 is 3.00 bits per heavy atom. The predicted octanol–water partition coefficient (Wildman–Crippen LogP) is 0.108. The van der Waals surface area contributed by atoms with E-state index in [2.05, 4.69) is 10.3 Å². The minimum absolute atomic E-state index is 0.0492. The highest BCUT2D eigenvalue weighted by Gasteiger charge is 2.11. The molecule has 1 aromatic rings. The fourth-order valence-corrected chi connectivity index (χ4v) is 1.36. The molecule has 1 heterocycles. The van der Waals surface area contributed by atoms with Crippen molar-refractivity contribution in [3.05, 3.63) is 17.8 Å². The quantitative estimate of drug-likeness (QED) is 0.769. The van der Waals surface area contributed by atoms with E-state index in [1.165, 1.54) is 6.20 Å². The third kappa shape index (κ3) is 3.08. The normalized spacial score (nSPS) is 9.47. The Morgan fingerprint density at radius 1 is 1.71 bits per heavy atom. The molecule has 0 fully saturated rings. The minimum atomic E-state index is -0.0492. The van der Waals surface area contributed by atoms with Crippen LogP contribution < -0.4 is 16.0 Å². The van der Waals surface area contributed by atoms with Crippen LogP contribution in [0.3, 0.4) is 0 Å². The zero-order valence-electron chi connectivity index (χ0n) is 9.90. The van der Waals surface area contributed by atoms with Crippen LogP contribution >= 0.6 is 0 Å². The molecule has 0 radical (unpaired) electrons. The zero-order valence-corrected chi connectivity index (χ0v) is 9.90. The van der Waals surface area contributed by atoms with Gasteiger partial charge in [-0.1, -0.05) is 0 Å². The van der Waals surface area contributed by atoms with Crippen molar-refractivity contribution in [2.75, 3.05) is 31.3 Å². The van der Waals surface area contributed by atoms with Crippen molar-refractivity contribution in [3.8, 4) is 6.07 Å². The molecular formula is C11H15N5O. The molecule has 0 saturated heterocycles. The van der Waals surface area contributed by atoms with E-state index in [9.17, 15) is 4.79 Å². The molecule has 0 bridgehead atoms. The fourth-order valence-electron chi connectivity index (χ4n) is 1.36. The first-order valence-corrected chi connectivity index (χ1v) is 5.16. The third-order valence-electron chi connectivity index (χ3n) is 2.40. The Hall–Kier alpha value is -2.29. The highest BCUT2D eigenvalue weighted by atomic mass is 16.1. The van der Waals surface area contributed by atoms with Crippen LogP contribution in [-0.4, -0.2) is 31.5 Å². The summed E-state index contributed by atoms with van der Waals surface area (Å²) in [6.07, 6.45) is 1.88. The van der Waals surface area contributed by atoms with Gasteiger partial charge in [-0.2, -0.15) is 5.26 Å². The number of aromatic nitrogens is 1. The average Bonchev–Trinajstić information content (AvgIpc) is 2.35. The van der Waals surface area contributed by atoms with Crippen LogP contribution in [-0.2, 0) is 4.79 Å². The number of nitrogens with one attached hydrogen (secondary N) is 1. The number of hydrogen-bond acceptors (Lipinski definition) is 5. The summed E-state index contributed by atoms with van der Waals surface area (Å²) < 4.78 is 0. The topological polar surface area (TPSA) is 95.0 Å². The number of nitrogens with two attached hydrogens (primary N) is 1. The number of pyridine rings is 1. The Labute approximate surface area is 100 Å². The van der Waals surface area contributed by atoms with E-state index < -0.39 is 0 Å². The first-order valence-electron chi connectivity index (χ1n) is 5.16. The van der Waals surface area contributed by atoms with Crippen LogP contribution in [0.1, 0.15) is 12.0 Å². The number of rotatable bonds is 4. The molecule has 3 N–H and O–H groups in total. The van der Waals surface area contributed by atoms with Crippen molar-refractivity contribution in [3.63, 3.8) is 0 Å². The van der Waals surface area contributed by atoms with E-state index in [1.807, 2.05) is 6.07 Å². The first kappa shape index (κ1) is 12.8. The van der Waals surface area contributed by atoms with Gasteiger partial charge in [0.25, 0.3) is 0 Å². The molecule has 90 valence electrons. The Morgan fingerprint density at radius 2 is 2.41 bits per heavy atom. The molecule has 1 aromatic heterocycles. The molecule has 0 aromatic carbocycles. The van der Waals surface area contributed by atoms with Gasteiger partial charge in [-0.3, -0.25) is 4.79 Å². The molecule has 1 rings (SSSR count). The van der Waals surface area contributed by atoms with Crippen molar-refractivity contribution >= 4 is 17.4 Å². The van der Waals surface area contributed by atoms with Crippen LogP contribution in [0.25, 0.3) is 0 Å². The number of nitrogen functional groups attached to an aromatic ring is 1. The maximum atomic E-state index is 11.1. The van der Waals surface area contributed by atoms with E-state index in [0.29, 0.717) is 30.0 Å². The van der Waals surface area contributed by atoms with Gasteiger partial charge >= 0.3 is 0 Å². The molecule has 6 nitrogen and oxygen atoms in total. The van der Waals surface area contributed by atoms with Gasteiger partial charge in [0.1, 0.15) is 6.07 Å². The third-order valence-corrected chi connectivity index (χ3v) is 2.40. The summed E-state index contributed by atoms with van der Waals surface area (Å²) in [7, 11) is 3.37. The molecule has 0 aliphatic rings. The van der Waals surface area contributed by atoms with Crippen molar-refractivity contribution in [2.45, 2.75) is 6.42 Å². The van der Waals surface area contributed by atoms with Crippen molar-refractivity contribution < 1.29 is 4.79 Å². The molecule has 0 spiro atoms. The molecular weight excluding hydrogens is 218 g/mol. The lowest BCUT2D eigenvalue weighted by Crippen LogP contribution is -2.27. The number of hydrogen-bond donors (Lipinski definition) is 2. The standard InChI is InChI=1S/C11H15N5O/c1-14-9(17)4-6-16(2)11-10(13)8(7-12)3-5-15-11/h3,5H,4,6,13H2,1-2H3,(H,14,17). The van der Waals surface area contributed by atoms with Crippen LogP contribution in [0.15, 0.2) is 12.3 Å². The molecule has 0 atom stereocenters. The number of anilines is 2. The van der Waals surface area contributed by atoms with E-state index >= 15 is 0 Å². The summed E-state index contributed by atoms with van der Waals surface area (Å²) in [6.45, 7) is 0.492. The number of nitriles is 1. The monoisotopic (exact) mass is 233 g/mol. The van der Waals surface area contributed by atoms with E-state index in [4.69, 9.17) is 11.0 Å². The molecule has 0 saturated carbocycles. The number of carbonyl (C=O) groups excluding carboxylic acids is 1. The van der Waals surface area contributed by atoms with Crippen molar-refractivity contribution in [2.24, 2.45) is 0 Å². The molecule has 17 heavy (non-hydrogen) atoms. The fraction of sp³-hybridized carbons (Fsp3) is 0.364. The van der Waals surface area contributed by atoms with E-state index in [0.717, 1.165) is 0 Å². The second-order valence-corrected chi connectivity index (χ2v) is 3.55. The van der Waals surface area contributed by atoms with Crippen LogP contribution in [0.2, 0.25) is 0 Å². The molecule has 0 unspecified atom stereocenters. The lowest BCUT2D eigenvalue weighted by Gasteiger charge is -2.19. The van der Waals surface area contributed by atoms with Gasteiger partial charge in [0.05, 0.1) is 11.3 Å². The maximum absolute atomic E-state index is 11.1. The minimum Gasteiger partial charge on any atom is -0.395 e. The molecule has 1 amide bonds. The van der Waals surface area contributed by atoms with Gasteiger partial charge in [-0.25, -0.2) is 4.98 Å². The van der Waals surface area contributed by atoms with Gasteiger partial charge < -0.3 is 16.0 Å². The first-order chi connectivity index (χ1) is 8.10. The Kier molecular flexibility index (Phi) is 4.29. The van der Waals surface area contributed by atoms with E-state index in [-0.39, 0.29) is 5.91 Å². The Balaban J connectivity index is 2.79. The maximum Gasteiger partial charge on any atom is 0.221 e. The second kappa shape index (κ2) is 5.70. The summed E-state index contributed by atoms with van der Waals surface area (Å²) in [4.78, 5) is 17.0. The highest BCUT2D eigenvalue weighted by molar-refractivity contribution is 5.76. The van der Waals surface area contributed by atoms with Crippen LogP contribution in [0.4, 0.5) is 11.5 Å². The largest absolute Gasteiger partial charge is 0.395 e. The van der Waals surface area contributed by atoms with Gasteiger partial charge in [-0.05, 0) is 6.07 Å². The molecule has 0 aliphatic carbocycles. The SMILES string of the molecule is CNC(=O)CCN(C)c1nccc(C#N)c1N. The van der Waals surface area contributed by atoms with Gasteiger partial charge in [0.15, 0.2) is 5.82 Å². The van der Waals surface area contributed by atoms with Crippen LogP contribution in [0.5, 0.6) is 0 Å². The number of amides is 1. The number of nitrogens with zero attached hydrogens (tertiary/aromatic N) is 3. The lowest BCUT2D eigenvalue weighted by atomic mass is 10.2. The van der Waals surface area contributed by atoms with E-state index in [1.54, 1.807) is 25.1 Å². The summed E-state index contributed by atoms with van der Waals surface area (Å²) >= 11 is 0. The number of carbonyl (C=O) groups is 1. The smallest absolute Gasteiger partial charge is 0.221 e. The van der Waals surface area contributed by atoms with Gasteiger partial charge in [0.2, 0.25) is 5.91 Å².